The second-order valence-corrected chi connectivity index (χ2v) is 6.21. The third kappa shape index (κ3) is 3.86. The number of hydrazone groups is 1. The minimum absolute atomic E-state index is 0.0192. The van der Waals surface area contributed by atoms with E-state index in [9.17, 15) is 19.5 Å². The van der Waals surface area contributed by atoms with Gasteiger partial charge in [0.1, 0.15) is 5.56 Å². The highest BCUT2D eigenvalue weighted by Crippen LogP contribution is 2.19. The fraction of sp³-hybridized carbons (Fsp3) is 0.0526. The minimum atomic E-state index is -0.831. The number of halogens is 1. The molecule has 0 atom stereocenters. The van der Waals surface area contributed by atoms with Crippen LogP contribution in [0.3, 0.4) is 0 Å². The summed E-state index contributed by atoms with van der Waals surface area (Å²) < 4.78 is 0.908. The molecule has 0 aliphatic carbocycles. The molecule has 0 radical (unpaired) electrons. The van der Waals surface area contributed by atoms with Crippen molar-refractivity contribution in [2.75, 3.05) is 0 Å². The highest BCUT2D eigenvalue weighted by atomic mass is 35.5. The number of hydrogen-bond acceptors (Lipinski definition) is 5. The van der Waals surface area contributed by atoms with E-state index in [0.717, 1.165) is 4.57 Å². The molecule has 0 bridgehead atoms. The Bertz CT molecular complexity index is 1170. The van der Waals surface area contributed by atoms with E-state index < -0.39 is 23.0 Å². The fourth-order valence-electron chi connectivity index (χ4n) is 2.53. The first-order chi connectivity index (χ1) is 13.4. The van der Waals surface area contributed by atoms with Crippen molar-refractivity contribution in [1.82, 2.24) is 15.0 Å². The van der Waals surface area contributed by atoms with Gasteiger partial charge in [-0.1, -0.05) is 29.8 Å². The lowest BCUT2D eigenvalue weighted by Crippen LogP contribution is -2.33. The van der Waals surface area contributed by atoms with E-state index in [1.165, 1.54) is 31.2 Å². The van der Waals surface area contributed by atoms with Crippen LogP contribution >= 0.6 is 11.6 Å². The van der Waals surface area contributed by atoms with Crippen LogP contribution < -0.4 is 16.7 Å². The lowest BCUT2D eigenvalue weighted by Gasteiger charge is -2.11. The van der Waals surface area contributed by atoms with Gasteiger partial charge in [0.15, 0.2) is 0 Å². The Kier molecular flexibility index (Phi) is 5.42. The predicted molar refractivity (Wildman–Crippen MR) is 105 cm³/mol. The maximum absolute atomic E-state index is 12.2. The molecule has 0 unspecified atom stereocenters. The topological polar surface area (TPSA) is 117 Å². The highest BCUT2D eigenvalue weighted by molar-refractivity contribution is 6.30. The van der Waals surface area contributed by atoms with Crippen LogP contribution in [0.5, 0.6) is 5.88 Å². The molecule has 9 heteroatoms. The van der Waals surface area contributed by atoms with Gasteiger partial charge in [-0.05, 0) is 43.3 Å². The number of nitrogens with zero attached hydrogens (tertiary/aromatic N) is 2. The number of benzene rings is 2. The van der Waals surface area contributed by atoms with E-state index in [1.54, 1.807) is 30.3 Å². The summed E-state index contributed by atoms with van der Waals surface area (Å²) in [5.41, 5.74) is 1.11. The van der Waals surface area contributed by atoms with Crippen molar-refractivity contribution in [2.45, 2.75) is 6.92 Å². The average Bonchev–Trinajstić information content (AvgIpc) is 2.68. The molecule has 3 N–H and O–H groups in total. The van der Waals surface area contributed by atoms with Crippen molar-refractivity contribution >= 4 is 23.2 Å². The molecule has 1 aromatic heterocycles. The summed E-state index contributed by atoms with van der Waals surface area (Å²) in [6, 6.07) is 14.5. The SMILES string of the molecule is CC(=NNC(=O)c1ccccc1)c1c(O)n(-c2ccc(Cl)cc2)c(=O)[nH]c1=O. The Morgan fingerprint density at radius 1 is 1.11 bits per heavy atom. The molecule has 1 heterocycles. The molecular formula is C19H15ClN4O4. The van der Waals surface area contributed by atoms with E-state index in [1.807, 2.05) is 0 Å². The summed E-state index contributed by atoms with van der Waals surface area (Å²) in [5.74, 6) is -1.09. The lowest BCUT2D eigenvalue weighted by atomic mass is 10.2. The number of nitrogens with one attached hydrogen (secondary N) is 2. The predicted octanol–water partition coefficient (Wildman–Crippen LogP) is 2.04. The number of rotatable bonds is 4. The lowest BCUT2D eigenvalue weighted by molar-refractivity contribution is 0.0955. The molecule has 3 aromatic rings. The molecule has 28 heavy (non-hydrogen) atoms. The van der Waals surface area contributed by atoms with Crippen LogP contribution in [0.4, 0.5) is 0 Å². The van der Waals surface area contributed by atoms with Crippen molar-refractivity contribution in [3.05, 3.63) is 91.6 Å². The van der Waals surface area contributed by atoms with Crippen LogP contribution in [-0.2, 0) is 0 Å². The number of aromatic amines is 1. The minimum Gasteiger partial charge on any atom is -0.493 e. The molecule has 2 aromatic carbocycles. The van der Waals surface area contributed by atoms with Gasteiger partial charge in [-0.25, -0.2) is 14.8 Å². The van der Waals surface area contributed by atoms with Gasteiger partial charge in [0.25, 0.3) is 11.5 Å². The summed E-state index contributed by atoms with van der Waals surface area (Å²) in [6.07, 6.45) is 0. The molecule has 142 valence electrons. The van der Waals surface area contributed by atoms with Gasteiger partial charge >= 0.3 is 5.69 Å². The number of H-pyrrole nitrogens is 1. The number of hydrogen-bond donors (Lipinski definition) is 3. The van der Waals surface area contributed by atoms with Crippen LogP contribution in [-0.4, -0.2) is 26.3 Å². The number of carbonyl (C=O) groups is 1. The zero-order valence-electron chi connectivity index (χ0n) is 14.6. The monoisotopic (exact) mass is 398 g/mol. The molecule has 8 nitrogen and oxygen atoms in total. The molecule has 0 aliphatic heterocycles. The maximum Gasteiger partial charge on any atom is 0.335 e. The largest absolute Gasteiger partial charge is 0.493 e. The fourth-order valence-corrected chi connectivity index (χ4v) is 2.65. The number of carbonyl (C=O) groups excluding carboxylic acids is 1. The van der Waals surface area contributed by atoms with Gasteiger partial charge in [0.2, 0.25) is 5.88 Å². The van der Waals surface area contributed by atoms with Crippen LogP contribution in [0.2, 0.25) is 5.02 Å². The van der Waals surface area contributed by atoms with Crippen molar-refractivity contribution in [3.8, 4) is 11.6 Å². The van der Waals surface area contributed by atoms with Gasteiger partial charge < -0.3 is 5.11 Å². The summed E-state index contributed by atoms with van der Waals surface area (Å²) in [7, 11) is 0. The Morgan fingerprint density at radius 2 is 1.75 bits per heavy atom. The first kappa shape index (κ1) is 19.1. The smallest absolute Gasteiger partial charge is 0.335 e. The molecule has 0 aliphatic rings. The molecule has 0 spiro atoms. The summed E-state index contributed by atoms with van der Waals surface area (Å²) in [4.78, 5) is 38.6. The van der Waals surface area contributed by atoms with Gasteiger partial charge in [0, 0.05) is 10.6 Å². The van der Waals surface area contributed by atoms with Gasteiger partial charge in [-0.3, -0.25) is 14.6 Å². The van der Waals surface area contributed by atoms with Crippen LogP contribution in [0.1, 0.15) is 22.8 Å². The van der Waals surface area contributed by atoms with Crippen molar-refractivity contribution < 1.29 is 9.90 Å². The zero-order valence-corrected chi connectivity index (χ0v) is 15.4. The maximum atomic E-state index is 12.2. The van der Waals surface area contributed by atoms with E-state index in [-0.39, 0.29) is 11.3 Å². The molecular weight excluding hydrogens is 384 g/mol. The van der Waals surface area contributed by atoms with Gasteiger partial charge in [-0.15, -0.1) is 0 Å². The normalized spacial score (nSPS) is 11.3. The van der Waals surface area contributed by atoms with Crippen LogP contribution in [0.15, 0.2) is 69.3 Å². The Labute approximate surface area is 163 Å². The Balaban J connectivity index is 2.00. The summed E-state index contributed by atoms with van der Waals surface area (Å²) >= 11 is 5.84. The van der Waals surface area contributed by atoms with Gasteiger partial charge in [0.05, 0.1) is 11.4 Å². The summed E-state index contributed by atoms with van der Waals surface area (Å²) in [6.45, 7) is 1.42. The first-order valence-electron chi connectivity index (χ1n) is 8.13. The number of aromatic hydroxyl groups is 1. The average molecular weight is 399 g/mol. The molecule has 3 rings (SSSR count). The van der Waals surface area contributed by atoms with E-state index in [2.05, 4.69) is 15.5 Å². The van der Waals surface area contributed by atoms with Crippen molar-refractivity contribution in [1.29, 1.82) is 0 Å². The second kappa shape index (κ2) is 7.93. The third-order valence-corrected chi connectivity index (χ3v) is 4.15. The summed E-state index contributed by atoms with van der Waals surface area (Å²) in [5, 5.41) is 14.9. The molecule has 1 amide bonds. The van der Waals surface area contributed by atoms with Gasteiger partial charge in [-0.2, -0.15) is 5.10 Å². The van der Waals surface area contributed by atoms with E-state index in [4.69, 9.17) is 11.6 Å². The quantitative estimate of drug-likeness (QED) is 0.460. The van der Waals surface area contributed by atoms with Crippen LogP contribution in [0.25, 0.3) is 5.69 Å². The van der Waals surface area contributed by atoms with Crippen LogP contribution in [0, 0.1) is 0 Å². The Hall–Kier alpha value is -3.65. The molecule has 0 fully saturated rings. The standard InChI is InChI=1S/C19H15ClN4O4/c1-11(22-23-16(25)12-5-3-2-4-6-12)15-17(26)21-19(28)24(18(15)27)14-9-7-13(20)8-10-14/h2-10,27H,1H3,(H,23,25)(H,21,26,28). The van der Waals surface area contributed by atoms with E-state index in [0.29, 0.717) is 16.3 Å². The number of amides is 1. The Morgan fingerprint density at radius 3 is 2.39 bits per heavy atom. The van der Waals surface area contributed by atoms with Crippen molar-refractivity contribution in [3.63, 3.8) is 0 Å². The molecule has 0 saturated carbocycles. The first-order valence-corrected chi connectivity index (χ1v) is 8.50. The number of aromatic nitrogens is 2. The zero-order chi connectivity index (χ0) is 20.3. The van der Waals surface area contributed by atoms with E-state index >= 15 is 0 Å². The van der Waals surface area contributed by atoms with Crippen molar-refractivity contribution in [2.24, 2.45) is 5.10 Å². The second-order valence-electron chi connectivity index (χ2n) is 5.77. The molecule has 0 saturated heterocycles. The third-order valence-electron chi connectivity index (χ3n) is 3.89. The highest BCUT2D eigenvalue weighted by Gasteiger charge is 2.18.